The SMILES string of the molecule is N=C1S/C(=C\c2cc(Cl)ccc2OCC(=O)Nc2ccc(F)cc2)C(=O)N1c1ccccc1C(F)(F)F. The summed E-state index contributed by atoms with van der Waals surface area (Å²) in [5.74, 6) is -1.66. The van der Waals surface area contributed by atoms with Gasteiger partial charge in [-0.3, -0.25) is 19.9 Å². The maximum absolute atomic E-state index is 13.5. The molecule has 2 N–H and O–H groups in total. The third-order valence-corrected chi connectivity index (χ3v) is 6.14. The third kappa shape index (κ3) is 6.12. The lowest BCUT2D eigenvalue weighted by Crippen LogP contribution is -2.30. The normalized spacial score (nSPS) is 14.8. The molecule has 1 aliphatic rings. The zero-order chi connectivity index (χ0) is 26.7. The number of ether oxygens (including phenoxy) is 1. The number of amidine groups is 1. The number of hydrogen-bond donors (Lipinski definition) is 2. The molecule has 1 aliphatic heterocycles. The Hall–Kier alpha value is -3.83. The summed E-state index contributed by atoms with van der Waals surface area (Å²) in [5.41, 5.74) is -0.870. The van der Waals surface area contributed by atoms with Crippen molar-refractivity contribution in [2.45, 2.75) is 6.18 Å². The van der Waals surface area contributed by atoms with Gasteiger partial charge in [-0.1, -0.05) is 23.7 Å². The fourth-order valence-electron chi connectivity index (χ4n) is 3.39. The molecule has 0 bridgehead atoms. The molecular formula is C25H16ClF4N3O3S. The van der Waals surface area contributed by atoms with Crippen LogP contribution in [0.1, 0.15) is 11.1 Å². The van der Waals surface area contributed by atoms with E-state index in [1.807, 2.05) is 0 Å². The van der Waals surface area contributed by atoms with Gasteiger partial charge in [-0.15, -0.1) is 0 Å². The molecule has 0 aromatic heterocycles. The Balaban J connectivity index is 1.56. The second-order valence-electron chi connectivity index (χ2n) is 7.60. The van der Waals surface area contributed by atoms with Crippen LogP contribution in [0.3, 0.4) is 0 Å². The molecule has 3 aromatic rings. The molecule has 0 unspecified atom stereocenters. The first-order valence-electron chi connectivity index (χ1n) is 10.5. The lowest BCUT2D eigenvalue weighted by Gasteiger charge is -2.19. The quantitative estimate of drug-likeness (QED) is 0.269. The van der Waals surface area contributed by atoms with Crippen molar-refractivity contribution >= 4 is 57.8 Å². The van der Waals surface area contributed by atoms with Crippen molar-refractivity contribution in [2.75, 3.05) is 16.8 Å². The predicted octanol–water partition coefficient (Wildman–Crippen LogP) is 6.57. The molecule has 1 heterocycles. The number of carbonyl (C=O) groups excluding carboxylic acids is 2. The number of amides is 2. The molecule has 1 saturated heterocycles. The molecule has 3 aromatic carbocycles. The van der Waals surface area contributed by atoms with Crippen LogP contribution in [0.25, 0.3) is 6.08 Å². The summed E-state index contributed by atoms with van der Waals surface area (Å²) >= 11 is 6.76. The lowest BCUT2D eigenvalue weighted by atomic mass is 10.1. The highest BCUT2D eigenvalue weighted by atomic mass is 35.5. The second kappa shape index (κ2) is 10.7. The van der Waals surface area contributed by atoms with Crippen molar-refractivity contribution in [2.24, 2.45) is 0 Å². The van der Waals surface area contributed by atoms with E-state index < -0.39 is 46.8 Å². The Kier molecular flexibility index (Phi) is 7.55. The van der Waals surface area contributed by atoms with Gasteiger partial charge in [-0.05, 0) is 72.4 Å². The first-order valence-corrected chi connectivity index (χ1v) is 11.7. The van der Waals surface area contributed by atoms with E-state index in [2.05, 4.69) is 5.32 Å². The number of thioether (sulfide) groups is 1. The van der Waals surface area contributed by atoms with Gasteiger partial charge in [-0.25, -0.2) is 4.39 Å². The molecule has 12 heteroatoms. The van der Waals surface area contributed by atoms with Crippen molar-refractivity contribution in [1.29, 1.82) is 5.41 Å². The highest BCUT2D eigenvalue weighted by Crippen LogP contribution is 2.42. The van der Waals surface area contributed by atoms with Gasteiger partial charge in [0.15, 0.2) is 11.8 Å². The Bertz CT molecular complexity index is 1410. The summed E-state index contributed by atoms with van der Waals surface area (Å²) in [5, 5.41) is 10.6. The van der Waals surface area contributed by atoms with Gasteiger partial charge in [0.2, 0.25) is 0 Å². The van der Waals surface area contributed by atoms with Crippen LogP contribution in [0.2, 0.25) is 5.02 Å². The molecule has 0 aliphatic carbocycles. The lowest BCUT2D eigenvalue weighted by molar-refractivity contribution is -0.137. The zero-order valence-electron chi connectivity index (χ0n) is 18.6. The maximum atomic E-state index is 13.5. The van der Waals surface area contributed by atoms with Gasteiger partial charge in [0, 0.05) is 16.3 Å². The molecule has 0 saturated carbocycles. The molecule has 0 atom stereocenters. The standard InChI is InChI=1S/C25H16ClF4N3O3S/c26-15-5-10-20(36-13-22(34)32-17-8-6-16(27)7-9-17)14(11-15)12-21-23(35)33(24(31)37-21)19-4-2-1-3-18(19)25(28,29)30/h1-12,31H,13H2,(H,32,34)/b21-12-,31-24?. The smallest absolute Gasteiger partial charge is 0.418 e. The van der Waals surface area contributed by atoms with E-state index in [9.17, 15) is 27.2 Å². The minimum Gasteiger partial charge on any atom is -0.483 e. The van der Waals surface area contributed by atoms with Gasteiger partial charge in [0.25, 0.3) is 11.8 Å². The number of anilines is 2. The number of benzene rings is 3. The van der Waals surface area contributed by atoms with Crippen molar-refractivity contribution in [1.82, 2.24) is 0 Å². The molecular weight excluding hydrogens is 534 g/mol. The van der Waals surface area contributed by atoms with Crippen molar-refractivity contribution in [3.05, 3.63) is 93.6 Å². The largest absolute Gasteiger partial charge is 0.483 e. The third-order valence-electron chi connectivity index (χ3n) is 5.02. The molecule has 0 spiro atoms. The van der Waals surface area contributed by atoms with Gasteiger partial charge < -0.3 is 10.1 Å². The van der Waals surface area contributed by atoms with E-state index in [1.54, 1.807) is 0 Å². The van der Waals surface area contributed by atoms with E-state index in [4.69, 9.17) is 21.7 Å². The van der Waals surface area contributed by atoms with Gasteiger partial charge in [0.1, 0.15) is 11.6 Å². The molecule has 6 nitrogen and oxygen atoms in total. The number of hydrogen-bond acceptors (Lipinski definition) is 5. The minimum atomic E-state index is -4.73. The van der Waals surface area contributed by atoms with E-state index >= 15 is 0 Å². The van der Waals surface area contributed by atoms with Crippen molar-refractivity contribution < 1.29 is 31.9 Å². The predicted molar refractivity (Wildman–Crippen MR) is 134 cm³/mol. The Labute approximate surface area is 217 Å². The topological polar surface area (TPSA) is 82.5 Å². The van der Waals surface area contributed by atoms with Gasteiger partial charge in [-0.2, -0.15) is 13.2 Å². The summed E-state index contributed by atoms with van der Waals surface area (Å²) in [4.78, 5) is 25.9. The summed E-state index contributed by atoms with van der Waals surface area (Å²) in [7, 11) is 0. The van der Waals surface area contributed by atoms with E-state index in [0.29, 0.717) is 22.3 Å². The minimum absolute atomic E-state index is 0.0372. The summed E-state index contributed by atoms with van der Waals surface area (Å²) < 4.78 is 59.1. The number of alkyl halides is 3. The van der Waals surface area contributed by atoms with Crippen molar-refractivity contribution in [3.63, 3.8) is 0 Å². The first kappa shape index (κ1) is 26.2. The molecule has 2 amide bonds. The number of carbonyl (C=O) groups is 2. The number of nitrogens with one attached hydrogen (secondary N) is 2. The highest BCUT2D eigenvalue weighted by Gasteiger charge is 2.40. The number of para-hydroxylation sites is 1. The monoisotopic (exact) mass is 549 g/mol. The zero-order valence-corrected chi connectivity index (χ0v) is 20.2. The Morgan fingerprint density at radius 3 is 2.51 bits per heavy atom. The summed E-state index contributed by atoms with van der Waals surface area (Å²) in [6.45, 7) is -0.433. The second-order valence-corrected chi connectivity index (χ2v) is 9.06. The van der Waals surface area contributed by atoms with Crippen LogP contribution in [0.4, 0.5) is 28.9 Å². The Morgan fingerprint density at radius 1 is 1.11 bits per heavy atom. The molecule has 1 fully saturated rings. The van der Waals surface area contributed by atoms with E-state index in [0.717, 1.165) is 12.1 Å². The van der Waals surface area contributed by atoms with E-state index in [1.165, 1.54) is 60.7 Å². The molecule has 0 radical (unpaired) electrons. The highest BCUT2D eigenvalue weighted by molar-refractivity contribution is 8.19. The average molecular weight is 550 g/mol. The van der Waals surface area contributed by atoms with Crippen LogP contribution in [0.5, 0.6) is 5.75 Å². The molecule has 190 valence electrons. The first-order chi connectivity index (χ1) is 17.5. The number of nitrogens with zero attached hydrogens (tertiary/aromatic N) is 1. The number of halogens is 5. The van der Waals surface area contributed by atoms with Crippen molar-refractivity contribution in [3.8, 4) is 5.75 Å². The number of rotatable bonds is 6. The maximum Gasteiger partial charge on any atom is 0.418 e. The van der Waals surface area contributed by atoms with Gasteiger partial charge >= 0.3 is 6.18 Å². The summed E-state index contributed by atoms with van der Waals surface area (Å²) in [6.07, 6.45) is -3.40. The Morgan fingerprint density at radius 2 is 1.81 bits per heavy atom. The fraction of sp³-hybridized carbons (Fsp3) is 0.0800. The van der Waals surface area contributed by atoms with Crippen LogP contribution in [0.15, 0.2) is 71.6 Å². The van der Waals surface area contributed by atoms with Crippen LogP contribution in [0, 0.1) is 11.2 Å². The van der Waals surface area contributed by atoms with Crippen LogP contribution < -0.4 is 15.0 Å². The van der Waals surface area contributed by atoms with Gasteiger partial charge in [0.05, 0.1) is 16.2 Å². The fourth-order valence-corrected chi connectivity index (χ4v) is 4.42. The van der Waals surface area contributed by atoms with Crippen LogP contribution in [-0.4, -0.2) is 23.6 Å². The average Bonchev–Trinajstić information content (AvgIpc) is 3.12. The van der Waals surface area contributed by atoms with Crippen LogP contribution >= 0.6 is 23.4 Å². The summed E-state index contributed by atoms with van der Waals surface area (Å²) in [6, 6.07) is 14.0. The van der Waals surface area contributed by atoms with Crippen LogP contribution in [-0.2, 0) is 15.8 Å². The molecule has 4 rings (SSSR count). The van der Waals surface area contributed by atoms with E-state index in [-0.39, 0.29) is 21.2 Å². The molecule has 37 heavy (non-hydrogen) atoms.